The van der Waals surface area contributed by atoms with E-state index in [2.05, 4.69) is 15.6 Å². The minimum Gasteiger partial charge on any atom is -0.378 e. The lowest BCUT2D eigenvalue weighted by atomic mass is 10.0. The molecule has 2 aromatic rings. The van der Waals surface area contributed by atoms with Gasteiger partial charge in [0.2, 0.25) is 11.8 Å². The maximum absolute atomic E-state index is 13.0. The number of ether oxygens (including phenoxy) is 1. The average Bonchev–Trinajstić information content (AvgIpc) is 3.34. The molecule has 9 nitrogen and oxygen atoms in total. The Morgan fingerprint density at radius 2 is 2.07 bits per heavy atom. The van der Waals surface area contributed by atoms with Crippen molar-refractivity contribution in [3.8, 4) is 5.69 Å². The van der Waals surface area contributed by atoms with Gasteiger partial charge in [0.05, 0.1) is 23.7 Å². The highest BCUT2D eigenvalue weighted by Crippen LogP contribution is 2.31. The van der Waals surface area contributed by atoms with Crippen molar-refractivity contribution in [3.63, 3.8) is 0 Å². The van der Waals surface area contributed by atoms with Crippen molar-refractivity contribution in [1.82, 2.24) is 25.2 Å². The SMILES string of the molecule is O=C1CCC(N2Cc3c(cccc3-n3cc(CC4CCCCO4)nn3)C2=O)C(=O)N1. The highest BCUT2D eigenvalue weighted by atomic mass is 16.5. The molecule has 0 aliphatic carbocycles. The van der Waals surface area contributed by atoms with Gasteiger partial charge >= 0.3 is 0 Å². The number of fused-ring (bicyclic) bond motifs is 1. The van der Waals surface area contributed by atoms with Crippen LogP contribution in [0.3, 0.4) is 0 Å². The van der Waals surface area contributed by atoms with Gasteiger partial charge in [0.1, 0.15) is 6.04 Å². The Balaban J connectivity index is 1.38. The summed E-state index contributed by atoms with van der Waals surface area (Å²) >= 11 is 0. The van der Waals surface area contributed by atoms with Gasteiger partial charge in [0.25, 0.3) is 5.91 Å². The molecule has 2 saturated heterocycles. The van der Waals surface area contributed by atoms with E-state index >= 15 is 0 Å². The monoisotopic (exact) mass is 409 g/mol. The maximum Gasteiger partial charge on any atom is 0.255 e. The number of piperidine rings is 1. The Bertz CT molecular complexity index is 1010. The largest absolute Gasteiger partial charge is 0.378 e. The summed E-state index contributed by atoms with van der Waals surface area (Å²) in [5.41, 5.74) is 3.01. The summed E-state index contributed by atoms with van der Waals surface area (Å²) < 4.78 is 7.49. The van der Waals surface area contributed by atoms with Crippen LogP contribution in [0.15, 0.2) is 24.4 Å². The lowest BCUT2D eigenvalue weighted by molar-refractivity contribution is -0.136. The van der Waals surface area contributed by atoms with Gasteiger partial charge in [-0.2, -0.15) is 0 Å². The zero-order valence-corrected chi connectivity index (χ0v) is 16.5. The molecular formula is C21H23N5O4. The molecule has 3 amide bonds. The van der Waals surface area contributed by atoms with Gasteiger partial charge in [-0.1, -0.05) is 11.3 Å². The van der Waals surface area contributed by atoms with Crippen LogP contribution >= 0.6 is 0 Å². The standard InChI is InChI=1S/C21H23N5O4/c27-19-8-7-18(20(28)22-19)25-12-16-15(21(25)29)5-3-6-17(16)26-11-13(23-24-26)10-14-4-1-2-9-30-14/h3,5-6,11,14,18H,1-2,4,7-10,12H2,(H,22,27,28). The van der Waals surface area contributed by atoms with E-state index < -0.39 is 11.9 Å². The second-order valence-corrected chi connectivity index (χ2v) is 8.05. The minimum atomic E-state index is -0.634. The molecule has 30 heavy (non-hydrogen) atoms. The van der Waals surface area contributed by atoms with E-state index in [1.54, 1.807) is 15.6 Å². The van der Waals surface area contributed by atoms with Gasteiger partial charge < -0.3 is 9.64 Å². The summed E-state index contributed by atoms with van der Waals surface area (Å²) in [5, 5.41) is 10.9. The average molecular weight is 409 g/mol. The number of nitrogens with one attached hydrogen (secondary N) is 1. The van der Waals surface area contributed by atoms with Crippen LogP contribution < -0.4 is 5.32 Å². The lowest BCUT2D eigenvalue weighted by Gasteiger charge is -2.29. The van der Waals surface area contributed by atoms with Crippen molar-refractivity contribution in [3.05, 3.63) is 41.2 Å². The van der Waals surface area contributed by atoms with E-state index in [-0.39, 0.29) is 24.3 Å². The van der Waals surface area contributed by atoms with Crippen molar-refractivity contribution in [1.29, 1.82) is 0 Å². The first-order valence-electron chi connectivity index (χ1n) is 10.4. The van der Waals surface area contributed by atoms with Gasteiger partial charge in [0, 0.05) is 37.1 Å². The van der Waals surface area contributed by atoms with E-state index in [0.29, 0.717) is 18.5 Å². The molecule has 0 bridgehead atoms. The van der Waals surface area contributed by atoms with Crippen molar-refractivity contribution in [2.75, 3.05) is 6.61 Å². The molecular weight excluding hydrogens is 386 g/mol. The molecule has 9 heteroatoms. The first-order chi connectivity index (χ1) is 14.6. The normalized spacial score (nSPS) is 24.1. The van der Waals surface area contributed by atoms with E-state index in [4.69, 9.17) is 4.74 Å². The molecule has 4 heterocycles. The predicted octanol–water partition coefficient (Wildman–Crippen LogP) is 1.14. The molecule has 2 fully saturated rings. The number of carbonyl (C=O) groups excluding carboxylic acids is 3. The smallest absolute Gasteiger partial charge is 0.255 e. The fourth-order valence-corrected chi connectivity index (χ4v) is 4.50. The quantitative estimate of drug-likeness (QED) is 0.759. The Hall–Kier alpha value is -3.07. The van der Waals surface area contributed by atoms with E-state index in [0.717, 1.165) is 42.8 Å². The third-order valence-corrected chi connectivity index (χ3v) is 6.06. The van der Waals surface area contributed by atoms with Crippen LogP contribution in [0.25, 0.3) is 5.69 Å². The number of carbonyl (C=O) groups is 3. The second-order valence-electron chi connectivity index (χ2n) is 8.05. The summed E-state index contributed by atoms with van der Waals surface area (Å²) in [7, 11) is 0. The molecule has 0 spiro atoms. The molecule has 1 N–H and O–H groups in total. The zero-order valence-electron chi connectivity index (χ0n) is 16.5. The highest BCUT2D eigenvalue weighted by molar-refractivity contribution is 6.05. The number of aromatic nitrogens is 3. The number of hydrogen-bond donors (Lipinski definition) is 1. The molecule has 156 valence electrons. The number of nitrogens with zero attached hydrogens (tertiary/aromatic N) is 4. The van der Waals surface area contributed by atoms with Gasteiger partial charge in [-0.25, -0.2) is 4.68 Å². The number of rotatable bonds is 4. The number of benzene rings is 1. The molecule has 2 unspecified atom stereocenters. The van der Waals surface area contributed by atoms with Crippen molar-refractivity contribution >= 4 is 17.7 Å². The summed E-state index contributed by atoms with van der Waals surface area (Å²) in [6.07, 6.45) is 6.66. The van der Waals surface area contributed by atoms with Crippen molar-refractivity contribution in [2.24, 2.45) is 0 Å². The highest BCUT2D eigenvalue weighted by Gasteiger charge is 2.40. The molecule has 5 rings (SSSR count). The van der Waals surface area contributed by atoms with Crippen LogP contribution in [0.2, 0.25) is 0 Å². The molecule has 1 aromatic carbocycles. The summed E-state index contributed by atoms with van der Waals surface area (Å²) in [5.74, 6) is -0.903. The molecule has 3 aliphatic rings. The van der Waals surface area contributed by atoms with Gasteiger partial charge in [0.15, 0.2) is 0 Å². The fraction of sp³-hybridized carbons (Fsp3) is 0.476. The molecule has 0 radical (unpaired) electrons. The lowest BCUT2D eigenvalue weighted by Crippen LogP contribution is -2.52. The fourth-order valence-electron chi connectivity index (χ4n) is 4.50. The Morgan fingerprint density at radius 3 is 2.87 bits per heavy atom. The van der Waals surface area contributed by atoms with Crippen LogP contribution in [-0.4, -0.2) is 56.4 Å². The zero-order chi connectivity index (χ0) is 20.7. The topological polar surface area (TPSA) is 106 Å². The Labute approximate surface area is 173 Å². The van der Waals surface area contributed by atoms with E-state index in [1.807, 2.05) is 18.3 Å². The Kier molecular flexibility index (Phi) is 4.82. The third kappa shape index (κ3) is 3.39. The van der Waals surface area contributed by atoms with Crippen LogP contribution in [0, 0.1) is 0 Å². The van der Waals surface area contributed by atoms with Crippen LogP contribution in [0.5, 0.6) is 0 Å². The third-order valence-electron chi connectivity index (χ3n) is 6.06. The molecule has 3 aliphatic heterocycles. The van der Waals surface area contributed by atoms with Crippen LogP contribution in [0.1, 0.15) is 53.7 Å². The minimum absolute atomic E-state index is 0.176. The summed E-state index contributed by atoms with van der Waals surface area (Å²) in [4.78, 5) is 38.2. The van der Waals surface area contributed by atoms with E-state index in [1.165, 1.54) is 6.42 Å². The molecule has 1 aromatic heterocycles. The summed E-state index contributed by atoms with van der Waals surface area (Å²) in [6.45, 7) is 1.10. The number of imide groups is 1. The molecule has 0 saturated carbocycles. The second kappa shape index (κ2) is 7.64. The first-order valence-corrected chi connectivity index (χ1v) is 10.4. The summed E-state index contributed by atoms with van der Waals surface area (Å²) in [6, 6.07) is 4.84. The predicted molar refractivity (Wildman–Crippen MR) is 105 cm³/mol. The van der Waals surface area contributed by atoms with E-state index in [9.17, 15) is 14.4 Å². The maximum atomic E-state index is 13.0. The van der Waals surface area contributed by atoms with Crippen LogP contribution in [-0.2, 0) is 27.3 Å². The number of amides is 3. The first kappa shape index (κ1) is 18.9. The number of hydrogen-bond acceptors (Lipinski definition) is 6. The van der Waals surface area contributed by atoms with Crippen molar-refractivity contribution in [2.45, 2.75) is 57.2 Å². The Morgan fingerprint density at radius 1 is 1.17 bits per heavy atom. The molecule has 2 atom stereocenters. The van der Waals surface area contributed by atoms with Crippen molar-refractivity contribution < 1.29 is 19.1 Å². The van der Waals surface area contributed by atoms with Gasteiger partial charge in [-0.15, -0.1) is 5.10 Å². The van der Waals surface area contributed by atoms with Gasteiger partial charge in [-0.05, 0) is 37.8 Å². The van der Waals surface area contributed by atoms with Gasteiger partial charge in [-0.3, -0.25) is 19.7 Å². The van der Waals surface area contributed by atoms with Crippen LogP contribution in [0.4, 0.5) is 0 Å².